The van der Waals surface area contributed by atoms with E-state index in [1.54, 1.807) is 23.7 Å². The molecule has 148 valence electrons. The van der Waals surface area contributed by atoms with E-state index >= 15 is 0 Å². The summed E-state index contributed by atoms with van der Waals surface area (Å²) in [6, 6.07) is 9.67. The molecule has 2 amide bonds. The smallest absolute Gasteiger partial charge is 0.257 e. The number of thiophene rings is 1. The molecule has 29 heavy (non-hydrogen) atoms. The molecule has 0 saturated carbocycles. The summed E-state index contributed by atoms with van der Waals surface area (Å²) < 4.78 is 0. The SMILES string of the molecule is O=C(c1cn[nH]c1-c1cccs1)N1CCC2(CCN(Cc3ccccn3)C2=O)C1. The van der Waals surface area contributed by atoms with Crippen LogP contribution in [0.15, 0.2) is 48.1 Å². The van der Waals surface area contributed by atoms with Gasteiger partial charge in [-0.3, -0.25) is 19.7 Å². The van der Waals surface area contributed by atoms with Gasteiger partial charge < -0.3 is 9.80 Å². The van der Waals surface area contributed by atoms with Crippen LogP contribution in [0, 0.1) is 5.41 Å². The largest absolute Gasteiger partial charge is 0.337 e. The maximum Gasteiger partial charge on any atom is 0.257 e. The van der Waals surface area contributed by atoms with Crippen LogP contribution in [-0.2, 0) is 11.3 Å². The van der Waals surface area contributed by atoms with E-state index in [1.807, 2.05) is 45.5 Å². The molecule has 5 rings (SSSR count). The Morgan fingerprint density at radius 1 is 1.21 bits per heavy atom. The number of amides is 2. The van der Waals surface area contributed by atoms with Crippen LogP contribution in [0.1, 0.15) is 28.9 Å². The molecule has 0 bridgehead atoms. The second-order valence-electron chi connectivity index (χ2n) is 7.69. The quantitative estimate of drug-likeness (QED) is 0.721. The lowest BCUT2D eigenvalue weighted by Gasteiger charge is -2.23. The second kappa shape index (κ2) is 7.11. The van der Waals surface area contributed by atoms with E-state index in [-0.39, 0.29) is 11.8 Å². The van der Waals surface area contributed by atoms with Crippen molar-refractivity contribution in [3.63, 3.8) is 0 Å². The van der Waals surface area contributed by atoms with Crippen molar-refractivity contribution in [2.75, 3.05) is 19.6 Å². The molecular formula is C21H21N5O2S. The van der Waals surface area contributed by atoms with Crippen LogP contribution in [0.25, 0.3) is 10.6 Å². The summed E-state index contributed by atoms with van der Waals surface area (Å²) in [5.74, 6) is 0.0825. The molecular weight excluding hydrogens is 386 g/mol. The Kier molecular flexibility index (Phi) is 4.43. The zero-order chi connectivity index (χ0) is 19.8. The maximum absolute atomic E-state index is 13.2. The number of aromatic nitrogens is 3. The summed E-state index contributed by atoms with van der Waals surface area (Å²) in [5, 5.41) is 9.01. The number of hydrogen-bond acceptors (Lipinski definition) is 5. The Hall–Kier alpha value is -3.00. The van der Waals surface area contributed by atoms with Crippen molar-refractivity contribution >= 4 is 23.2 Å². The van der Waals surface area contributed by atoms with Gasteiger partial charge in [-0.15, -0.1) is 11.3 Å². The number of nitrogens with one attached hydrogen (secondary N) is 1. The van der Waals surface area contributed by atoms with Gasteiger partial charge in [0.15, 0.2) is 0 Å². The van der Waals surface area contributed by atoms with Crippen LogP contribution in [0.5, 0.6) is 0 Å². The van der Waals surface area contributed by atoms with Crippen LogP contribution in [-0.4, -0.2) is 56.4 Å². The van der Waals surface area contributed by atoms with E-state index in [4.69, 9.17) is 0 Å². The number of aromatic amines is 1. The highest BCUT2D eigenvalue weighted by molar-refractivity contribution is 7.13. The van der Waals surface area contributed by atoms with Gasteiger partial charge in [0, 0.05) is 25.8 Å². The molecule has 2 aliphatic heterocycles. The normalized spacial score (nSPS) is 21.4. The average Bonchev–Trinajstić information content (AvgIpc) is 3.53. The topological polar surface area (TPSA) is 82.2 Å². The Labute approximate surface area is 172 Å². The van der Waals surface area contributed by atoms with Crippen molar-refractivity contribution in [1.29, 1.82) is 0 Å². The van der Waals surface area contributed by atoms with Crippen LogP contribution >= 0.6 is 11.3 Å². The first-order valence-corrected chi connectivity index (χ1v) is 10.6. The third-order valence-electron chi connectivity index (χ3n) is 5.96. The maximum atomic E-state index is 13.2. The van der Waals surface area contributed by atoms with Crippen molar-refractivity contribution in [2.45, 2.75) is 19.4 Å². The molecule has 2 aliphatic rings. The van der Waals surface area contributed by atoms with Gasteiger partial charge in [0.1, 0.15) is 0 Å². The monoisotopic (exact) mass is 407 g/mol. The third kappa shape index (κ3) is 3.13. The van der Waals surface area contributed by atoms with Crippen LogP contribution in [0.3, 0.4) is 0 Å². The van der Waals surface area contributed by atoms with E-state index in [2.05, 4.69) is 15.2 Å². The van der Waals surface area contributed by atoms with E-state index < -0.39 is 5.41 Å². The van der Waals surface area contributed by atoms with Gasteiger partial charge in [-0.2, -0.15) is 5.10 Å². The number of carbonyl (C=O) groups excluding carboxylic acids is 2. The van der Waals surface area contributed by atoms with Crippen molar-refractivity contribution in [1.82, 2.24) is 25.0 Å². The lowest BCUT2D eigenvalue weighted by Crippen LogP contribution is -2.38. The van der Waals surface area contributed by atoms with Gasteiger partial charge in [-0.25, -0.2) is 0 Å². The van der Waals surface area contributed by atoms with E-state index in [0.717, 1.165) is 22.7 Å². The summed E-state index contributed by atoms with van der Waals surface area (Å²) in [5.41, 5.74) is 1.75. The Bertz CT molecular complexity index is 1030. The van der Waals surface area contributed by atoms with E-state index in [9.17, 15) is 9.59 Å². The molecule has 3 aromatic heterocycles. The van der Waals surface area contributed by atoms with Crippen molar-refractivity contribution < 1.29 is 9.59 Å². The fraction of sp³-hybridized carbons (Fsp3) is 0.333. The lowest BCUT2D eigenvalue weighted by molar-refractivity contribution is -0.135. The molecule has 8 heteroatoms. The zero-order valence-corrected chi connectivity index (χ0v) is 16.7. The lowest BCUT2D eigenvalue weighted by atomic mass is 9.85. The molecule has 3 aromatic rings. The zero-order valence-electron chi connectivity index (χ0n) is 15.9. The van der Waals surface area contributed by atoms with Gasteiger partial charge in [0.2, 0.25) is 5.91 Å². The molecule has 1 atom stereocenters. The minimum absolute atomic E-state index is 0.0602. The van der Waals surface area contributed by atoms with Crippen molar-refractivity contribution in [2.24, 2.45) is 5.41 Å². The molecule has 1 spiro atoms. The highest BCUT2D eigenvalue weighted by Crippen LogP contribution is 2.42. The molecule has 0 aromatic carbocycles. The minimum Gasteiger partial charge on any atom is -0.337 e. The van der Waals surface area contributed by atoms with Gasteiger partial charge >= 0.3 is 0 Å². The summed E-state index contributed by atoms with van der Waals surface area (Å²) in [6.45, 7) is 2.30. The van der Waals surface area contributed by atoms with Crippen molar-refractivity contribution in [3.8, 4) is 10.6 Å². The molecule has 1 N–H and O–H groups in total. The first kappa shape index (κ1) is 18.1. The molecule has 5 heterocycles. The average molecular weight is 407 g/mol. The van der Waals surface area contributed by atoms with E-state index in [1.165, 1.54) is 0 Å². The summed E-state index contributed by atoms with van der Waals surface area (Å²) >= 11 is 1.57. The predicted molar refractivity (Wildman–Crippen MR) is 109 cm³/mol. The summed E-state index contributed by atoms with van der Waals surface area (Å²) in [6.07, 6.45) is 4.83. The molecule has 0 radical (unpaired) electrons. The number of carbonyl (C=O) groups is 2. The highest BCUT2D eigenvalue weighted by atomic mass is 32.1. The summed E-state index contributed by atoms with van der Waals surface area (Å²) in [4.78, 5) is 35.4. The van der Waals surface area contributed by atoms with Crippen molar-refractivity contribution in [3.05, 3.63) is 59.4 Å². The van der Waals surface area contributed by atoms with Gasteiger partial charge in [0.25, 0.3) is 5.91 Å². The second-order valence-corrected chi connectivity index (χ2v) is 8.64. The highest BCUT2D eigenvalue weighted by Gasteiger charge is 2.51. The molecule has 7 nitrogen and oxygen atoms in total. The Morgan fingerprint density at radius 3 is 2.90 bits per heavy atom. The molecule has 2 saturated heterocycles. The van der Waals surface area contributed by atoms with Crippen LogP contribution < -0.4 is 0 Å². The molecule has 2 fully saturated rings. The number of rotatable bonds is 4. The van der Waals surface area contributed by atoms with Crippen LogP contribution in [0.2, 0.25) is 0 Å². The number of hydrogen-bond donors (Lipinski definition) is 1. The third-order valence-corrected chi connectivity index (χ3v) is 6.85. The Balaban J connectivity index is 1.31. The number of H-pyrrole nitrogens is 1. The molecule has 0 aliphatic carbocycles. The van der Waals surface area contributed by atoms with E-state index in [0.29, 0.717) is 38.2 Å². The van der Waals surface area contributed by atoms with Gasteiger partial charge in [0.05, 0.1) is 40.0 Å². The fourth-order valence-corrected chi connectivity index (χ4v) is 5.12. The summed E-state index contributed by atoms with van der Waals surface area (Å²) in [7, 11) is 0. The Morgan fingerprint density at radius 2 is 2.10 bits per heavy atom. The minimum atomic E-state index is -0.461. The fourth-order valence-electron chi connectivity index (χ4n) is 4.38. The number of nitrogens with zero attached hydrogens (tertiary/aromatic N) is 4. The standard InChI is InChI=1S/C21H21N5O2S/c27-19(16-12-23-24-18(16)17-5-3-11-29-17)26-10-7-21(14-26)6-9-25(20(21)28)13-15-4-1-2-8-22-15/h1-5,8,11-12H,6-7,9-10,13-14H2,(H,23,24). The first-order chi connectivity index (χ1) is 14.2. The number of pyridine rings is 1. The van der Waals surface area contributed by atoms with Gasteiger partial charge in [-0.05, 0) is 36.4 Å². The van der Waals surface area contributed by atoms with Crippen LogP contribution in [0.4, 0.5) is 0 Å². The van der Waals surface area contributed by atoms with Gasteiger partial charge in [-0.1, -0.05) is 12.1 Å². The number of likely N-dealkylation sites (tertiary alicyclic amines) is 2. The molecule has 1 unspecified atom stereocenters. The first-order valence-electron chi connectivity index (χ1n) is 9.72. The predicted octanol–water partition coefficient (Wildman–Crippen LogP) is 2.80.